The summed E-state index contributed by atoms with van der Waals surface area (Å²) in [6.45, 7) is 5.20. The fraction of sp³-hybridized carbons (Fsp3) is 0.294. The van der Waals surface area contributed by atoms with Crippen molar-refractivity contribution in [1.82, 2.24) is 0 Å². The molecule has 0 amide bonds. The van der Waals surface area contributed by atoms with Crippen molar-refractivity contribution >= 4 is 5.69 Å². The first-order chi connectivity index (χ1) is 9.60. The molecule has 2 aromatic rings. The zero-order valence-corrected chi connectivity index (χ0v) is 12.2. The predicted octanol–water partition coefficient (Wildman–Crippen LogP) is 3.77. The summed E-state index contributed by atoms with van der Waals surface area (Å²) in [5.74, 6) is 0.385. The Labute approximate surface area is 120 Å². The average molecular weight is 271 g/mol. The minimum atomic E-state index is 0.385. The first-order valence-corrected chi connectivity index (χ1v) is 6.71. The number of hydrogen-bond donors (Lipinski definition) is 2. The van der Waals surface area contributed by atoms with Crippen LogP contribution in [0.2, 0.25) is 0 Å². The van der Waals surface area contributed by atoms with E-state index in [1.165, 1.54) is 0 Å². The lowest BCUT2D eigenvalue weighted by Crippen LogP contribution is -2.01. The molecular formula is C17H21NO2. The number of aromatic hydroxyl groups is 1. The van der Waals surface area contributed by atoms with Crippen molar-refractivity contribution < 1.29 is 9.84 Å². The lowest BCUT2D eigenvalue weighted by molar-refractivity contribution is 0.185. The number of aryl methyl sites for hydroxylation is 2. The largest absolute Gasteiger partial charge is 0.507 e. The predicted molar refractivity (Wildman–Crippen MR) is 82.1 cm³/mol. The molecule has 0 saturated carbocycles. The third kappa shape index (κ3) is 3.52. The zero-order chi connectivity index (χ0) is 14.5. The molecule has 0 aliphatic heterocycles. The summed E-state index contributed by atoms with van der Waals surface area (Å²) in [6.07, 6.45) is 0. The summed E-state index contributed by atoms with van der Waals surface area (Å²) in [7, 11) is 1.70. The van der Waals surface area contributed by atoms with Gasteiger partial charge in [-0.15, -0.1) is 0 Å². The Bertz CT molecular complexity index is 570. The third-order valence-electron chi connectivity index (χ3n) is 3.29. The Morgan fingerprint density at radius 1 is 1.05 bits per heavy atom. The Kier molecular flexibility index (Phi) is 4.64. The second kappa shape index (κ2) is 6.44. The highest BCUT2D eigenvalue weighted by atomic mass is 16.5. The average Bonchev–Trinajstić information content (AvgIpc) is 2.43. The Hall–Kier alpha value is -2.00. The summed E-state index contributed by atoms with van der Waals surface area (Å²) in [6, 6.07) is 12.2. The maximum atomic E-state index is 9.78. The number of anilines is 1. The molecule has 0 spiro atoms. The van der Waals surface area contributed by atoms with Crippen LogP contribution in [0.25, 0.3) is 0 Å². The molecule has 0 atom stereocenters. The lowest BCUT2D eigenvalue weighted by atomic mass is 10.1. The van der Waals surface area contributed by atoms with E-state index in [0.717, 1.165) is 34.5 Å². The van der Waals surface area contributed by atoms with Crippen LogP contribution in [0.1, 0.15) is 22.3 Å². The molecule has 2 N–H and O–H groups in total. The van der Waals surface area contributed by atoms with E-state index >= 15 is 0 Å². The van der Waals surface area contributed by atoms with Gasteiger partial charge < -0.3 is 15.2 Å². The van der Waals surface area contributed by atoms with Gasteiger partial charge in [0.05, 0.1) is 6.61 Å². The molecule has 20 heavy (non-hydrogen) atoms. The van der Waals surface area contributed by atoms with Gasteiger partial charge in [-0.1, -0.05) is 24.3 Å². The van der Waals surface area contributed by atoms with Crippen molar-refractivity contribution in [2.75, 3.05) is 12.4 Å². The van der Waals surface area contributed by atoms with E-state index in [4.69, 9.17) is 4.74 Å². The molecule has 2 rings (SSSR count). The number of nitrogens with one attached hydrogen (secondary N) is 1. The Morgan fingerprint density at radius 3 is 2.40 bits per heavy atom. The van der Waals surface area contributed by atoms with Crippen molar-refractivity contribution in [2.45, 2.75) is 27.0 Å². The minimum Gasteiger partial charge on any atom is -0.507 e. The van der Waals surface area contributed by atoms with Gasteiger partial charge in [0.1, 0.15) is 5.75 Å². The second-order valence-electron chi connectivity index (χ2n) is 5.07. The molecule has 106 valence electrons. The van der Waals surface area contributed by atoms with Crippen LogP contribution in [0.15, 0.2) is 36.4 Å². The smallest absolute Gasteiger partial charge is 0.121 e. The number of ether oxygens (including phenoxy) is 1. The number of phenolic OH excluding ortho intramolecular Hbond substituents is 1. The lowest BCUT2D eigenvalue weighted by Gasteiger charge is -2.11. The topological polar surface area (TPSA) is 41.5 Å². The molecule has 0 fully saturated rings. The number of rotatable bonds is 5. The Balaban J connectivity index is 2.07. The van der Waals surface area contributed by atoms with E-state index in [-0.39, 0.29) is 0 Å². The maximum Gasteiger partial charge on any atom is 0.121 e. The molecule has 0 unspecified atom stereocenters. The van der Waals surface area contributed by atoms with E-state index in [0.29, 0.717) is 12.4 Å². The molecule has 3 nitrogen and oxygen atoms in total. The molecule has 2 aromatic carbocycles. The van der Waals surface area contributed by atoms with Gasteiger partial charge in [0.2, 0.25) is 0 Å². The van der Waals surface area contributed by atoms with Crippen molar-refractivity contribution in [3.8, 4) is 5.75 Å². The quantitative estimate of drug-likeness (QED) is 0.870. The van der Waals surface area contributed by atoms with E-state index in [1.807, 2.05) is 44.2 Å². The van der Waals surface area contributed by atoms with Crippen LogP contribution in [0.3, 0.4) is 0 Å². The van der Waals surface area contributed by atoms with Gasteiger partial charge >= 0.3 is 0 Å². The highest BCUT2D eigenvalue weighted by Crippen LogP contribution is 2.23. The summed E-state index contributed by atoms with van der Waals surface area (Å²) in [5, 5.41) is 13.2. The number of hydrogen-bond acceptors (Lipinski definition) is 3. The molecule has 0 aromatic heterocycles. The SMILES string of the molecule is COCc1cccc(NCc2cc(C)c(O)c(C)c2)c1. The first kappa shape index (κ1) is 14.4. The fourth-order valence-electron chi connectivity index (χ4n) is 2.29. The fourth-order valence-corrected chi connectivity index (χ4v) is 2.29. The monoisotopic (exact) mass is 271 g/mol. The minimum absolute atomic E-state index is 0.385. The van der Waals surface area contributed by atoms with Gasteiger partial charge in [-0.05, 0) is 48.2 Å². The molecule has 0 radical (unpaired) electrons. The number of methoxy groups -OCH3 is 1. The second-order valence-corrected chi connectivity index (χ2v) is 5.07. The third-order valence-corrected chi connectivity index (χ3v) is 3.29. The van der Waals surface area contributed by atoms with Crippen LogP contribution in [0, 0.1) is 13.8 Å². The maximum absolute atomic E-state index is 9.78. The molecule has 0 bridgehead atoms. The van der Waals surface area contributed by atoms with Gasteiger partial charge in [0, 0.05) is 19.3 Å². The molecular weight excluding hydrogens is 250 g/mol. The van der Waals surface area contributed by atoms with Crippen molar-refractivity contribution in [3.05, 3.63) is 58.7 Å². The summed E-state index contributed by atoms with van der Waals surface area (Å²) >= 11 is 0. The molecule has 0 heterocycles. The molecule has 0 aliphatic carbocycles. The first-order valence-electron chi connectivity index (χ1n) is 6.71. The summed E-state index contributed by atoms with van der Waals surface area (Å²) in [4.78, 5) is 0. The molecule has 0 saturated heterocycles. The highest BCUT2D eigenvalue weighted by molar-refractivity contribution is 5.48. The van der Waals surface area contributed by atoms with Crippen LogP contribution in [0.5, 0.6) is 5.75 Å². The van der Waals surface area contributed by atoms with Crippen LogP contribution in [-0.2, 0) is 17.9 Å². The van der Waals surface area contributed by atoms with Crippen molar-refractivity contribution in [1.29, 1.82) is 0 Å². The number of phenols is 1. The van der Waals surface area contributed by atoms with Crippen LogP contribution in [0.4, 0.5) is 5.69 Å². The zero-order valence-electron chi connectivity index (χ0n) is 12.2. The van der Waals surface area contributed by atoms with Gasteiger partial charge in [0.25, 0.3) is 0 Å². The van der Waals surface area contributed by atoms with E-state index in [1.54, 1.807) is 7.11 Å². The molecule has 0 aliphatic rings. The van der Waals surface area contributed by atoms with Crippen LogP contribution in [-0.4, -0.2) is 12.2 Å². The van der Waals surface area contributed by atoms with Crippen LogP contribution >= 0.6 is 0 Å². The van der Waals surface area contributed by atoms with Gasteiger partial charge in [-0.25, -0.2) is 0 Å². The standard InChI is InChI=1S/C17H21NO2/c1-12-7-15(8-13(2)17(12)19)10-18-16-6-4-5-14(9-16)11-20-3/h4-9,18-19H,10-11H2,1-3H3. The summed E-state index contributed by atoms with van der Waals surface area (Å²) < 4.78 is 5.13. The van der Waals surface area contributed by atoms with E-state index in [2.05, 4.69) is 11.4 Å². The molecule has 3 heteroatoms. The van der Waals surface area contributed by atoms with Crippen molar-refractivity contribution in [2.24, 2.45) is 0 Å². The van der Waals surface area contributed by atoms with Crippen LogP contribution < -0.4 is 5.32 Å². The van der Waals surface area contributed by atoms with Gasteiger partial charge in [0.15, 0.2) is 0 Å². The van der Waals surface area contributed by atoms with Crippen molar-refractivity contribution in [3.63, 3.8) is 0 Å². The van der Waals surface area contributed by atoms with E-state index < -0.39 is 0 Å². The van der Waals surface area contributed by atoms with E-state index in [9.17, 15) is 5.11 Å². The Morgan fingerprint density at radius 2 is 1.75 bits per heavy atom. The van der Waals surface area contributed by atoms with Gasteiger partial charge in [-0.3, -0.25) is 0 Å². The summed E-state index contributed by atoms with van der Waals surface area (Å²) in [5.41, 5.74) is 5.21. The van der Waals surface area contributed by atoms with Gasteiger partial charge in [-0.2, -0.15) is 0 Å². The number of benzene rings is 2. The normalized spacial score (nSPS) is 10.6. The highest BCUT2D eigenvalue weighted by Gasteiger charge is 2.03.